The molecule has 2 bridgehead atoms. The minimum Gasteiger partial charge on any atom is -0.492 e. The van der Waals surface area contributed by atoms with Gasteiger partial charge in [-0.05, 0) is 44.6 Å². The summed E-state index contributed by atoms with van der Waals surface area (Å²) in [7, 11) is 1.57. The number of hydrogen-bond acceptors (Lipinski definition) is 6. The van der Waals surface area contributed by atoms with Gasteiger partial charge in [0.05, 0.1) is 24.3 Å². The number of nitrogens with zero attached hydrogens (tertiary/aromatic N) is 1. The zero-order chi connectivity index (χ0) is 24.3. The van der Waals surface area contributed by atoms with Gasteiger partial charge in [-0.3, -0.25) is 4.90 Å². The molecule has 1 saturated carbocycles. The number of piperidine rings is 1. The van der Waals surface area contributed by atoms with Gasteiger partial charge in [0.1, 0.15) is 5.76 Å². The predicted octanol–water partition coefficient (Wildman–Crippen LogP) is 4.97. The van der Waals surface area contributed by atoms with Crippen LogP contribution in [0.25, 0.3) is 0 Å². The van der Waals surface area contributed by atoms with Crippen LogP contribution in [0.2, 0.25) is 0 Å². The predicted molar refractivity (Wildman–Crippen MR) is 132 cm³/mol. The third kappa shape index (κ3) is 3.62. The zero-order valence-electron chi connectivity index (χ0n) is 21.3. The molecule has 3 fully saturated rings. The normalized spacial score (nSPS) is 40.1. The Bertz CT molecular complexity index is 1020. The van der Waals surface area contributed by atoms with E-state index in [1.54, 1.807) is 14.0 Å². The lowest BCUT2D eigenvalue weighted by Crippen LogP contribution is -2.64. The highest BCUT2D eigenvalue weighted by Crippen LogP contribution is 2.57. The van der Waals surface area contributed by atoms with Crippen molar-refractivity contribution < 1.29 is 24.1 Å². The van der Waals surface area contributed by atoms with E-state index < -0.39 is 0 Å². The molecule has 5 aliphatic heterocycles. The fourth-order valence-corrected chi connectivity index (χ4v) is 7.98. The molecule has 2 aliphatic carbocycles. The Morgan fingerprint density at radius 1 is 1.20 bits per heavy atom. The molecule has 35 heavy (non-hydrogen) atoms. The summed E-state index contributed by atoms with van der Waals surface area (Å²) in [5, 5.41) is 11.5. The molecule has 6 nitrogen and oxygen atoms in total. The van der Waals surface area contributed by atoms with Gasteiger partial charge in [0.25, 0.3) is 0 Å². The average Bonchev–Trinajstić information content (AvgIpc) is 3.22. The average molecular weight is 482 g/mol. The third-order valence-corrected chi connectivity index (χ3v) is 9.64. The quantitative estimate of drug-likeness (QED) is 0.452. The fourth-order valence-electron chi connectivity index (χ4n) is 7.98. The first-order valence-corrected chi connectivity index (χ1v) is 13.7. The van der Waals surface area contributed by atoms with Crippen LogP contribution in [0.1, 0.15) is 71.6 Å². The van der Waals surface area contributed by atoms with E-state index in [2.05, 4.69) is 30.1 Å². The molecule has 7 aliphatic rings. The highest BCUT2D eigenvalue weighted by atomic mass is 16.6. The minimum absolute atomic E-state index is 0.0262. The number of hydrogen-bond donors (Lipinski definition) is 1. The Hall–Kier alpha value is -2.05. The minimum atomic E-state index is -0.369. The Morgan fingerprint density at radius 3 is 2.77 bits per heavy atom. The van der Waals surface area contributed by atoms with Crippen molar-refractivity contribution in [1.82, 2.24) is 4.90 Å². The van der Waals surface area contributed by atoms with E-state index in [0.29, 0.717) is 28.8 Å². The van der Waals surface area contributed by atoms with Gasteiger partial charge in [-0.15, -0.1) is 0 Å². The molecule has 1 spiro atoms. The molecule has 0 amide bonds. The first-order chi connectivity index (χ1) is 16.9. The van der Waals surface area contributed by atoms with Crippen LogP contribution in [0.4, 0.5) is 0 Å². The SMILES string of the molecule is COC1=C(C)C(=O)OC1=C1OC2=C[C@@H]3C=C[C@]4(CCC[C@@H]([C@@H](O)CC5CCCCC5)N4C3)[C@H]2[C@@H]1C. The van der Waals surface area contributed by atoms with Crippen molar-refractivity contribution in [1.29, 1.82) is 0 Å². The van der Waals surface area contributed by atoms with Gasteiger partial charge in [-0.1, -0.05) is 51.2 Å². The summed E-state index contributed by atoms with van der Waals surface area (Å²) in [5.74, 6) is 3.29. The Kier molecular flexibility index (Phi) is 5.88. The molecule has 0 unspecified atom stereocenters. The molecule has 0 aromatic carbocycles. The Balaban J connectivity index is 1.33. The highest BCUT2D eigenvalue weighted by Gasteiger charge is 2.59. The number of carbonyl (C=O) groups excluding carboxylic acids is 1. The summed E-state index contributed by atoms with van der Waals surface area (Å²) in [5.41, 5.74) is 0.294. The molecule has 0 aromatic rings. The van der Waals surface area contributed by atoms with E-state index >= 15 is 0 Å². The number of esters is 1. The summed E-state index contributed by atoms with van der Waals surface area (Å²) >= 11 is 0. The van der Waals surface area contributed by atoms with Gasteiger partial charge < -0.3 is 19.3 Å². The van der Waals surface area contributed by atoms with E-state index in [0.717, 1.165) is 38.0 Å². The number of cyclic esters (lactones) is 1. The smallest absolute Gasteiger partial charge is 0.343 e. The Morgan fingerprint density at radius 2 is 2.00 bits per heavy atom. The molecule has 6 atom stereocenters. The number of carbonyl (C=O) groups is 1. The van der Waals surface area contributed by atoms with E-state index in [9.17, 15) is 9.90 Å². The van der Waals surface area contributed by atoms with Crippen molar-refractivity contribution in [2.24, 2.45) is 23.7 Å². The number of allylic oxidation sites excluding steroid dienone is 1. The largest absolute Gasteiger partial charge is 0.492 e. The second-order valence-corrected chi connectivity index (χ2v) is 11.6. The summed E-state index contributed by atoms with van der Waals surface area (Å²) in [6.45, 7) is 4.85. The molecule has 0 radical (unpaired) electrons. The molecule has 2 saturated heterocycles. The van der Waals surface area contributed by atoms with Crippen molar-refractivity contribution in [3.63, 3.8) is 0 Å². The van der Waals surface area contributed by atoms with Crippen LogP contribution >= 0.6 is 0 Å². The van der Waals surface area contributed by atoms with Gasteiger partial charge >= 0.3 is 5.97 Å². The van der Waals surface area contributed by atoms with Crippen LogP contribution in [0, 0.1) is 23.7 Å². The maximum atomic E-state index is 12.3. The summed E-state index contributed by atoms with van der Waals surface area (Å²) in [4.78, 5) is 14.9. The van der Waals surface area contributed by atoms with Gasteiger partial charge in [-0.2, -0.15) is 0 Å². The van der Waals surface area contributed by atoms with Crippen molar-refractivity contribution >= 4 is 5.97 Å². The fraction of sp³-hybridized carbons (Fsp3) is 0.690. The molecule has 0 aromatic heterocycles. The van der Waals surface area contributed by atoms with Crippen LogP contribution < -0.4 is 0 Å². The topological polar surface area (TPSA) is 68.2 Å². The summed E-state index contributed by atoms with van der Waals surface area (Å²) in [6, 6.07) is 0.177. The standard InChI is InChI=1S/C29H39NO5/c1-17-24-23(34-26(17)27-25(33-3)18(2)28(32)35-27)15-20-11-13-29(24)12-7-10-21(30(29)16-20)22(31)14-19-8-5-4-6-9-19/h11,13,15,17,19-22,24,31H,4-10,12,14,16H2,1-3H3/t17-,20-,21-,22-,24-,29+/m0/s1. The van der Waals surface area contributed by atoms with Crippen molar-refractivity contribution in [2.75, 3.05) is 13.7 Å². The first-order valence-electron chi connectivity index (χ1n) is 13.7. The number of ether oxygens (including phenoxy) is 3. The number of methoxy groups -OCH3 is 1. The van der Waals surface area contributed by atoms with Crippen molar-refractivity contribution in [3.8, 4) is 0 Å². The second-order valence-electron chi connectivity index (χ2n) is 11.6. The maximum absolute atomic E-state index is 12.3. The molecule has 7 rings (SSSR count). The number of rotatable bonds is 4. The molecular formula is C29H39NO5. The van der Waals surface area contributed by atoms with Crippen molar-refractivity contribution in [2.45, 2.75) is 89.3 Å². The van der Waals surface area contributed by atoms with Gasteiger partial charge in [0, 0.05) is 30.3 Å². The molecular weight excluding hydrogens is 442 g/mol. The summed E-state index contributed by atoms with van der Waals surface area (Å²) < 4.78 is 17.7. The van der Waals surface area contributed by atoms with Crippen molar-refractivity contribution in [3.05, 3.63) is 46.8 Å². The van der Waals surface area contributed by atoms with Gasteiger partial charge in [0.15, 0.2) is 11.5 Å². The zero-order valence-corrected chi connectivity index (χ0v) is 21.3. The summed E-state index contributed by atoms with van der Waals surface area (Å²) in [6.07, 6.45) is 17.4. The van der Waals surface area contributed by atoms with Crippen LogP contribution in [0.15, 0.2) is 46.8 Å². The Labute approximate surface area is 208 Å². The lowest BCUT2D eigenvalue weighted by molar-refractivity contribution is -0.133. The maximum Gasteiger partial charge on any atom is 0.343 e. The van der Waals surface area contributed by atoms with Crippen LogP contribution in [-0.2, 0) is 19.0 Å². The second kappa shape index (κ2) is 8.81. The van der Waals surface area contributed by atoms with E-state index in [4.69, 9.17) is 14.2 Å². The number of aliphatic hydroxyl groups excluding tert-OH is 1. The lowest BCUT2D eigenvalue weighted by Gasteiger charge is -2.56. The van der Waals surface area contributed by atoms with Crippen LogP contribution in [0.5, 0.6) is 0 Å². The van der Waals surface area contributed by atoms with Crippen LogP contribution in [-0.4, -0.2) is 47.3 Å². The molecule has 1 N–H and O–H groups in total. The van der Waals surface area contributed by atoms with Gasteiger partial charge in [-0.25, -0.2) is 4.79 Å². The van der Waals surface area contributed by atoms with E-state index in [1.807, 2.05) is 0 Å². The van der Waals surface area contributed by atoms with E-state index in [-0.39, 0.29) is 41.4 Å². The molecule has 5 heterocycles. The molecule has 6 heteroatoms. The third-order valence-electron chi connectivity index (χ3n) is 9.64. The number of aliphatic hydroxyl groups is 1. The first kappa shape index (κ1) is 23.4. The highest BCUT2D eigenvalue weighted by molar-refractivity contribution is 5.93. The monoisotopic (exact) mass is 481 g/mol. The lowest BCUT2D eigenvalue weighted by atomic mass is 9.67. The van der Waals surface area contributed by atoms with Gasteiger partial charge in [0.2, 0.25) is 5.76 Å². The molecule has 190 valence electrons. The van der Waals surface area contributed by atoms with Crippen LogP contribution in [0.3, 0.4) is 0 Å². The van der Waals surface area contributed by atoms with E-state index in [1.165, 1.54) is 32.1 Å².